The first kappa shape index (κ1) is 12.2. The molecule has 0 aliphatic carbocycles. The van der Waals surface area contributed by atoms with Crippen LogP contribution in [0, 0.1) is 11.8 Å². The van der Waals surface area contributed by atoms with Gasteiger partial charge in [-0.05, 0) is 40.0 Å². The first-order chi connectivity index (χ1) is 6.75. The average Bonchev–Trinajstić information content (AvgIpc) is 2.21. The Kier molecular flexibility index (Phi) is 5.13. The van der Waals surface area contributed by atoms with Crippen molar-refractivity contribution in [2.45, 2.75) is 14.9 Å². The molecule has 0 radical (unpaired) electrons. The van der Waals surface area contributed by atoms with Gasteiger partial charge in [-0.2, -0.15) is 0 Å². The Bertz CT molecular complexity index is 157. The van der Waals surface area contributed by atoms with Crippen LogP contribution in [0.3, 0.4) is 0 Å². The number of rotatable bonds is 1. The molecule has 0 spiro atoms. The third-order valence-corrected chi connectivity index (χ3v) is 8.58. The van der Waals surface area contributed by atoms with Gasteiger partial charge in [-0.1, -0.05) is 6.92 Å². The molecular formula is C9H15IOS3. The van der Waals surface area contributed by atoms with E-state index in [9.17, 15) is 0 Å². The van der Waals surface area contributed by atoms with E-state index in [1.807, 2.05) is 11.8 Å². The molecule has 1 nitrogen and oxygen atoms in total. The lowest BCUT2D eigenvalue weighted by Crippen LogP contribution is -2.31. The van der Waals surface area contributed by atoms with Gasteiger partial charge in [0.15, 0.2) is 3.44 Å². The summed E-state index contributed by atoms with van der Waals surface area (Å²) in [6, 6.07) is 0. The van der Waals surface area contributed by atoms with E-state index in [-0.39, 0.29) is 0 Å². The molecule has 0 aromatic rings. The molecule has 5 heteroatoms. The maximum atomic E-state index is 5.69. The van der Waals surface area contributed by atoms with Crippen molar-refractivity contribution in [2.75, 3.05) is 23.9 Å². The van der Waals surface area contributed by atoms with Crippen molar-refractivity contribution in [3.05, 3.63) is 0 Å². The summed E-state index contributed by atoms with van der Waals surface area (Å²) in [4.78, 5) is 0. The quantitative estimate of drug-likeness (QED) is 0.521. The minimum atomic E-state index is 0.390. The van der Waals surface area contributed by atoms with Gasteiger partial charge in [-0.25, -0.2) is 0 Å². The topological polar surface area (TPSA) is 9.23 Å². The van der Waals surface area contributed by atoms with Gasteiger partial charge < -0.3 is 4.74 Å². The highest BCUT2D eigenvalue weighted by Crippen LogP contribution is 2.42. The van der Waals surface area contributed by atoms with Crippen LogP contribution in [0.25, 0.3) is 0 Å². The summed E-state index contributed by atoms with van der Waals surface area (Å²) >= 11 is 8.62. The predicted octanol–water partition coefficient (Wildman–Crippen LogP) is 3.53. The molecule has 2 fully saturated rings. The molecule has 2 atom stereocenters. The second kappa shape index (κ2) is 5.89. The highest BCUT2D eigenvalue weighted by Gasteiger charge is 2.31. The van der Waals surface area contributed by atoms with Crippen LogP contribution in [0.2, 0.25) is 0 Å². The van der Waals surface area contributed by atoms with Gasteiger partial charge in [-0.15, -0.1) is 35.3 Å². The lowest BCUT2D eigenvalue weighted by Gasteiger charge is -2.34. The van der Waals surface area contributed by atoms with Crippen molar-refractivity contribution in [2.24, 2.45) is 11.8 Å². The van der Waals surface area contributed by atoms with Crippen LogP contribution in [0.1, 0.15) is 6.92 Å². The lowest BCUT2D eigenvalue weighted by atomic mass is 10.2. The van der Waals surface area contributed by atoms with Gasteiger partial charge in [0.05, 0.1) is 11.2 Å². The van der Waals surface area contributed by atoms with E-state index in [4.69, 9.17) is 4.74 Å². The summed E-state index contributed by atoms with van der Waals surface area (Å²) in [6.45, 7) is 3.32. The summed E-state index contributed by atoms with van der Waals surface area (Å²) < 4.78 is 6.88. The maximum absolute atomic E-state index is 5.69. The molecule has 2 aliphatic rings. The fraction of sp³-hybridized carbons (Fsp3) is 1.00. The Morgan fingerprint density at radius 1 is 1.14 bits per heavy atom. The molecule has 0 amide bonds. The van der Waals surface area contributed by atoms with E-state index in [1.165, 1.54) is 17.3 Å². The molecule has 2 heterocycles. The SMILES string of the molecule is CC1CSC([C@@H]2COC(I)SC2)SC1. The van der Waals surface area contributed by atoms with Crippen LogP contribution < -0.4 is 0 Å². The van der Waals surface area contributed by atoms with Crippen LogP contribution in [-0.4, -0.2) is 31.9 Å². The van der Waals surface area contributed by atoms with Crippen LogP contribution in [0.15, 0.2) is 0 Å². The van der Waals surface area contributed by atoms with Gasteiger partial charge in [0.25, 0.3) is 0 Å². The summed E-state index contributed by atoms with van der Waals surface area (Å²) in [5.41, 5.74) is 0. The van der Waals surface area contributed by atoms with Crippen LogP contribution in [-0.2, 0) is 4.74 Å². The molecule has 0 aromatic carbocycles. The average molecular weight is 362 g/mol. The molecule has 1 unspecified atom stereocenters. The van der Waals surface area contributed by atoms with Crippen LogP contribution >= 0.6 is 57.9 Å². The van der Waals surface area contributed by atoms with Crippen LogP contribution in [0.5, 0.6) is 0 Å². The zero-order chi connectivity index (χ0) is 9.97. The molecule has 14 heavy (non-hydrogen) atoms. The number of thioether (sulfide) groups is 3. The standard InChI is InChI=1S/C9H15IOS3/c1-6-3-12-8(13-4-6)7-2-11-9(10)14-5-7/h6-9H,2-5H2,1H3/t6?,7-,8?,9?/m1/s1. The molecular weight excluding hydrogens is 347 g/mol. The predicted molar refractivity (Wildman–Crippen MR) is 77.6 cm³/mol. The van der Waals surface area contributed by atoms with Gasteiger partial charge in [-0.3, -0.25) is 0 Å². The van der Waals surface area contributed by atoms with E-state index in [0.717, 1.165) is 23.0 Å². The van der Waals surface area contributed by atoms with Crippen molar-refractivity contribution < 1.29 is 4.74 Å². The first-order valence-electron chi connectivity index (χ1n) is 4.86. The molecule has 0 saturated carbocycles. The van der Waals surface area contributed by atoms with Crippen molar-refractivity contribution in [3.8, 4) is 0 Å². The summed E-state index contributed by atoms with van der Waals surface area (Å²) in [6.07, 6.45) is 0. The zero-order valence-corrected chi connectivity index (χ0v) is 12.8. The highest BCUT2D eigenvalue weighted by atomic mass is 127. The lowest BCUT2D eigenvalue weighted by molar-refractivity contribution is 0.133. The Morgan fingerprint density at radius 2 is 1.86 bits per heavy atom. The van der Waals surface area contributed by atoms with Crippen LogP contribution in [0.4, 0.5) is 0 Å². The Balaban J connectivity index is 1.78. The third-order valence-electron chi connectivity index (χ3n) is 2.36. The van der Waals surface area contributed by atoms with E-state index >= 15 is 0 Å². The monoisotopic (exact) mass is 362 g/mol. The van der Waals surface area contributed by atoms with E-state index in [0.29, 0.717) is 3.44 Å². The fourth-order valence-corrected chi connectivity index (χ4v) is 6.65. The number of alkyl halides is 1. The second-order valence-corrected chi connectivity index (χ2v) is 9.56. The van der Waals surface area contributed by atoms with E-state index in [1.54, 1.807) is 0 Å². The Hall–Kier alpha value is 1.74. The van der Waals surface area contributed by atoms with Gasteiger partial charge >= 0.3 is 0 Å². The largest absolute Gasteiger partial charge is 0.357 e. The smallest absolute Gasteiger partial charge is 0.154 e. The normalized spacial score (nSPS) is 45.0. The third kappa shape index (κ3) is 3.37. The minimum Gasteiger partial charge on any atom is -0.357 e. The second-order valence-electron chi connectivity index (χ2n) is 3.84. The van der Waals surface area contributed by atoms with Crippen molar-refractivity contribution in [1.29, 1.82) is 0 Å². The zero-order valence-electron chi connectivity index (χ0n) is 8.15. The molecule has 2 saturated heterocycles. The number of hydrogen-bond acceptors (Lipinski definition) is 4. The minimum absolute atomic E-state index is 0.390. The van der Waals surface area contributed by atoms with Crippen molar-refractivity contribution >= 4 is 57.9 Å². The summed E-state index contributed by atoms with van der Waals surface area (Å²) in [7, 11) is 0. The maximum Gasteiger partial charge on any atom is 0.154 e. The van der Waals surface area contributed by atoms with E-state index < -0.39 is 0 Å². The number of halogens is 1. The molecule has 0 bridgehead atoms. The van der Waals surface area contributed by atoms with Gasteiger partial charge in [0.2, 0.25) is 0 Å². The number of hydrogen-bond donors (Lipinski definition) is 0. The number of ether oxygens (including phenoxy) is 1. The molecule has 0 N–H and O–H groups in total. The molecule has 2 aliphatic heterocycles. The molecule has 0 aromatic heterocycles. The molecule has 82 valence electrons. The van der Waals surface area contributed by atoms with Gasteiger partial charge in [0.1, 0.15) is 0 Å². The van der Waals surface area contributed by atoms with Gasteiger partial charge in [0, 0.05) is 11.7 Å². The van der Waals surface area contributed by atoms with Crippen molar-refractivity contribution in [1.82, 2.24) is 0 Å². The summed E-state index contributed by atoms with van der Waals surface area (Å²) in [5.74, 6) is 5.63. The van der Waals surface area contributed by atoms with Crippen molar-refractivity contribution in [3.63, 3.8) is 0 Å². The van der Waals surface area contributed by atoms with E-state index in [2.05, 4.69) is 53.0 Å². The molecule has 2 rings (SSSR count). The fourth-order valence-electron chi connectivity index (χ4n) is 1.54. The summed E-state index contributed by atoms with van der Waals surface area (Å²) in [5, 5.41) is 0. The Morgan fingerprint density at radius 3 is 2.43 bits per heavy atom. The Labute approximate surface area is 112 Å². The first-order valence-corrected chi connectivity index (χ1v) is 9.25. The highest BCUT2D eigenvalue weighted by molar-refractivity contribution is 14.1.